The third kappa shape index (κ3) is 47.5. The van der Waals surface area contributed by atoms with Crippen molar-refractivity contribution >= 4 is 17.9 Å². The number of unbranched alkanes of at least 4 members (excludes halogenated alkanes) is 23. The Morgan fingerprint density at radius 2 is 0.656 bits per heavy atom. The van der Waals surface area contributed by atoms with Gasteiger partial charge in [-0.1, -0.05) is 209 Å². The summed E-state index contributed by atoms with van der Waals surface area (Å²) in [4.78, 5) is 37.9. The molecule has 0 aromatic heterocycles. The van der Waals surface area contributed by atoms with Crippen molar-refractivity contribution in [1.29, 1.82) is 0 Å². The molecule has 0 N–H and O–H groups in total. The quantitative estimate of drug-likeness (QED) is 0.0200. The lowest BCUT2D eigenvalue weighted by Gasteiger charge is -2.18. The monoisotopic (exact) mass is 849 g/mol. The van der Waals surface area contributed by atoms with Crippen LogP contribution in [0.5, 0.6) is 0 Å². The van der Waals surface area contributed by atoms with Gasteiger partial charge in [-0.2, -0.15) is 0 Å². The first-order valence-electron chi connectivity index (χ1n) is 25.2. The predicted molar refractivity (Wildman–Crippen MR) is 261 cm³/mol. The minimum Gasteiger partial charge on any atom is -0.462 e. The highest BCUT2D eigenvalue weighted by Gasteiger charge is 2.19. The number of ether oxygens (including phenoxy) is 3. The van der Waals surface area contributed by atoms with Crippen LogP contribution < -0.4 is 0 Å². The summed E-state index contributed by atoms with van der Waals surface area (Å²) in [6.07, 6.45) is 62.8. The molecule has 0 aliphatic carbocycles. The van der Waals surface area contributed by atoms with Gasteiger partial charge in [0.05, 0.1) is 0 Å². The first-order valence-corrected chi connectivity index (χ1v) is 25.2. The van der Waals surface area contributed by atoms with E-state index < -0.39 is 6.10 Å². The smallest absolute Gasteiger partial charge is 0.306 e. The van der Waals surface area contributed by atoms with Gasteiger partial charge in [-0.25, -0.2) is 0 Å². The van der Waals surface area contributed by atoms with Crippen LogP contribution in [0.4, 0.5) is 0 Å². The highest BCUT2D eigenvalue weighted by molar-refractivity contribution is 5.71. The van der Waals surface area contributed by atoms with E-state index in [0.29, 0.717) is 19.3 Å². The minimum absolute atomic E-state index is 0.0947. The third-order valence-corrected chi connectivity index (χ3v) is 10.5. The van der Waals surface area contributed by atoms with Crippen LogP contribution in [0.15, 0.2) is 85.1 Å². The Balaban J connectivity index is 4.42. The van der Waals surface area contributed by atoms with E-state index in [9.17, 15) is 14.4 Å². The number of esters is 3. The van der Waals surface area contributed by atoms with Gasteiger partial charge in [0, 0.05) is 19.3 Å². The van der Waals surface area contributed by atoms with Gasteiger partial charge < -0.3 is 14.2 Å². The molecule has 0 rings (SSSR count). The average molecular weight is 849 g/mol. The topological polar surface area (TPSA) is 78.9 Å². The van der Waals surface area contributed by atoms with Crippen LogP contribution >= 0.6 is 0 Å². The van der Waals surface area contributed by atoms with Crippen molar-refractivity contribution in [3.05, 3.63) is 85.1 Å². The lowest BCUT2D eigenvalue weighted by atomic mass is 10.1. The van der Waals surface area contributed by atoms with Crippen LogP contribution in [0.25, 0.3) is 0 Å². The molecule has 0 aromatic rings. The molecule has 0 aromatic carbocycles. The lowest BCUT2D eigenvalue weighted by Crippen LogP contribution is -2.30. The first kappa shape index (κ1) is 57.6. The van der Waals surface area contributed by atoms with Crippen LogP contribution in [0.3, 0.4) is 0 Å². The number of hydrogen-bond donors (Lipinski definition) is 0. The van der Waals surface area contributed by atoms with Crippen molar-refractivity contribution in [3.8, 4) is 0 Å². The van der Waals surface area contributed by atoms with Gasteiger partial charge in [0.2, 0.25) is 0 Å². The maximum Gasteiger partial charge on any atom is 0.306 e. The first-order chi connectivity index (χ1) is 30.0. The molecule has 0 heterocycles. The van der Waals surface area contributed by atoms with Crippen molar-refractivity contribution in [1.82, 2.24) is 0 Å². The molecule has 0 aliphatic rings. The number of carbonyl (C=O) groups is 3. The summed E-state index contributed by atoms with van der Waals surface area (Å²) in [6, 6.07) is 0. The molecule has 0 bridgehead atoms. The summed E-state index contributed by atoms with van der Waals surface area (Å²) >= 11 is 0. The number of rotatable bonds is 44. The molecule has 0 spiro atoms. The van der Waals surface area contributed by atoms with Gasteiger partial charge >= 0.3 is 17.9 Å². The van der Waals surface area contributed by atoms with Crippen LogP contribution in [0.1, 0.15) is 226 Å². The van der Waals surface area contributed by atoms with Crippen molar-refractivity contribution < 1.29 is 28.6 Å². The average Bonchev–Trinajstić information content (AvgIpc) is 3.26. The standard InChI is InChI=1S/C55H92O6/c1-4-7-10-13-16-19-22-25-26-27-28-31-33-36-39-42-45-48-54(57)60-51-52(61-55(58)49-46-43-40-37-34-30-24-21-18-15-12-9-6-3)50-59-53(56)47-44-41-38-35-32-29-23-20-17-14-11-8-5-2/h8-9,11-12,14-15,17-18,20-21,23-26,52H,4-7,10,13,16,19,22,27-51H2,1-3H3/b11-8+,12-9+,17-14+,18-15+,23-20+,24-21+,26-25+. The molecular formula is C55H92O6. The highest BCUT2D eigenvalue weighted by atomic mass is 16.6. The fourth-order valence-corrected chi connectivity index (χ4v) is 6.73. The second-order valence-electron chi connectivity index (χ2n) is 16.4. The van der Waals surface area contributed by atoms with Crippen molar-refractivity contribution in [2.24, 2.45) is 0 Å². The molecule has 0 saturated heterocycles. The van der Waals surface area contributed by atoms with Crippen molar-refractivity contribution in [3.63, 3.8) is 0 Å². The van der Waals surface area contributed by atoms with E-state index in [1.807, 2.05) is 0 Å². The normalized spacial score (nSPS) is 12.8. The molecule has 0 fully saturated rings. The van der Waals surface area contributed by atoms with E-state index in [1.54, 1.807) is 0 Å². The molecular weight excluding hydrogens is 757 g/mol. The summed E-state index contributed by atoms with van der Waals surface area (Å²) < 4.78 is 16.7. The van der Waals surface area contributed by atoms with E-state index in [2.05, 4.69) is 106 Å². The van der Waals surface area contributed by atoms with Crippen LogP contribution in [0.2, 0.25) is 0 Å². The van der Waals surface area contributed by atoms with Gasteiger partial charge in [0.15, 0.2) is 6.10 Å². The summed E-state index contributed by atoms with van der Waals surface area (Å²) in [7, 11) is 0. The van der Waals surface area contributed by atoms with Gasteiger partial charge in [-0.15, -0.1) is 0 Å². The molecule has 61 heavy (non-hydrogen) atoms. The summed E-state index contributed by atoms with van der Waals surface area (Å²) in [6.45, 7) is 6.32. The molecule has 0 saturated carbocycles. The lowest BCUT2D eigenvalue weighted by molar-refractivity contribution is -0.167. The Morgan fingerprint density at radius 3 is 1.03 bits per heavy atom. The Morgan fingerprint density at radius 1 is 0.344 bits per heavy atom. The van der Waals surface area contributed by atoms with E-state index >= 15 is 0 Å². The van der Waals surface area contributed by atoms with Gasteiger partial charge in [-0.05, 0) is 83.5 Å². The largest absolute Gasteiger partial charge is 0.462 e. The Bertz CT molecular complexity index is 1200. The number of hydrogen-bond acceptors (Lipinski definition) is 6. The second-order valence-corrected chi connectivity index (χ2v) is 16.4. The number of allylic oxidation sites excluding steroid dienone is 14. The van der Waals surface area contributed by atoms with Crippen molar-refractivity contribution in [2.75, 3.05) is 13.2 Å². The van der Waals surface area contributed by atoms with Crippen LogP contribution in [0, 0.1) is 0 Å². The maximum atomic E-state index is 12.8. The van der Waals surface area contributed by atoms with E-state index in [1.165, 1.54) is 77.0 Å². The Labute approximate surface area is 375 Å². The van der Waals surface area contributed by atoms with E-state index in [-0.39, 0.29) is 31.1 Å². The second kappa shape index (κ2) is 49.2. The Hall–Kier alpha value is -3.41. The summed E-state index contributed by atoms with van der Waals surface area (Å²) in [5, 5.41) is 0. The molecule has 6 heteroatoms. The Kier molecular flexibility index (Phi) is 46.5. The molecule has 1 unspecified atom stereocenters. The molecule has 6 nitrogen and oxygen atoms in total. The molecule has 0 aliphatic heterocycles. The van der Waals surface area contributed by atoms with Crippen LogP contribution in [-0.4, -0.2) is 37.2 Å². The van der Waals surface area contributed by atoms with Gasteiger partial charge in [0.25, 0.3) is 0 Å². The van der Waals surface area contributed by atoms with E-state index in [4.69, 9.17) is 14.2 Å². The summed E-state index contributed by atoms with van der Waals surface area (Å²) in [5.74, 6) is -0.943. The zero-order chi connectivity index (χ0) is 44.4. The van der Waals surface area contributed by atoms with Gasteiger partial charge in [-0.3, -0.25) is 14.4 Å². The highest BCUT2D eigenvalue weighted by Crippen LogP contribution is 2.14. The zero-order valence-electron chi connectivity index (χ0n) is 39.7. The van der Waals surface area contributed by atoms with E-state index in [0.717, 1.165) is 109 Å². The maximum absolute atomic E-state index is 12.8. The van der Waals surface area contributed by atoms with Gasteiger partial charge in [0.1, 0.15) is 13.2 Å². The summed E-state index contributed by atoms with van der Waals surface area (Å²) in [5.41, 5.74) is 0. The molecule has 1 atom stereocenters. The number of carbonyl (C=O) groups excluding carboxylic acids is 3. The fraction of sp³-hybridized carbons (Fsp3) is 0.691. The zero-order valence-corrected chi connectivity index (χ0v) is 39.7. The molecule has 0 amide bonds. The SMILES string of the molecule is CC/C=C/C=C/C=C/CCCCCCCC(=O)OCC(COC(=O)CCCCCCCCC/C=C/CCCCCCCC)OC(=O)CCCCCCC/C=C/C=C/C=C/CC. The third-order valence-electron chi connectivity index (χ3n) is 10.5. The molecule has 348 valence electrons. The predicted octanol–water partition coefficient (Wildman–Crippen LogP) is 16.4. The van der Waals surface area contributed by atoms with Crippen molar-refractivity contribution in [2.45, 2.75) is 232 Å². The minimum atomic E-state index is -0.797. The van der Waals surface area contributed by atoms with Crippen LogP contribution in [-0.2, 0) is 28.6 Å². The fourth-order valence-electron chi connectivity index (χ4n) is 6.73. The molecule has 0 radical (unpaired) electrons.